The maximum Gasteiger partial charge on any atom is 0.328 e. The molecule has 168 valence electrons. The highest BCUT2D eigenvalue weighted by Gasteiger charge is 2.30. The molecule has 2 rings (SSSR count). The van der Waals surface area contributed by atoms with Crippen LogP contribution in [-0.4, -0.2) is 72.0 Å². The fourth-order valence-corrected chi connectivity index (χ4v) is 3.84. The number of rotatable bonds is 10. The Hall–Kier alpha value is -2.32. The van der Waals surface area contributed by atoms with Crippen LogP contribution in [0.15, 0.2) is 18.2 Å². The van der Waals surface area contributed by atoms with Crippen LogP contribution in [0.1, 0.15) is 25.8 Å². The number of ether oxygens (including phenoxy) is 3. The number of piperazine rings is 1. The Morgan fingerprint density at radius 1 is 1.03 bits per heavy atom. The number of quaternary nitrogens is 2. The molecule has 0 unspecified atom stereocenters. The predicted octanol–water partition coefficient (Wildman–Crippen LogP) is -1.31. The summed E-state index contributed by atoms with van der Waals surface area (Å²) >= 11 is 0. The number of methoxy groups -OCH3 is 3. The van der Waals surface area contributed by atoms with Crippen molar-refractivity contribution in [1.29, 1.82) is 0 Å². The van der Waals surface area contributed by atoms with Crippen LogP contribution in [0.2, 0.25) is 0 Å². The van der Waals surface area contributed by atoms with Crippen LogP contribution in [0.25, 0.3) is 0 Å². The van der Waals surface area contributed by atoms with Gasteiger partial charge in [-0.15, -0.1) is 0 Å². The Morgan fingerprint density at radius 2 is 1.67 bits per heavy atom. The molecule has 1 fully saturated rings. The maximum absolute atomic E-state index is 12.5. The van der Waals surface area contributed by atoms with Crippen LogP contribution in [0.4, 0.5) is 0 Å². The molecule has 8 heteroatoms. The number of carbonyl (C=O) groups excluding carboxylic acids is 2. The molecule has 1 amide bonds. The highest BCUT2D eigenvalue weighted by Crippen LogP contribution is 2.27. The van der Waals surface area contributed by atoms with Gasteiger partial charge in [0.1, 0.15) is 38.8 Å². The van der Waals surface area contributed by atoms with Crippen LogP contribution in [0.3, 0.4) is 0 Å². The SMILES string of the molecule is CC[C@H](C)[C@H](NC(=O)C[NH+]1CC[NH+](Cc2ccc(OC)c(OC)c2)CC1)C(=O)OC. The summed E-state index contributed by atoms with van der Waals surface area (Å²) in [4.78, 5) is 27.2. The first-order valence-electron chi connectivity index (χ1n) is 10.7. The molecule has 0 aliphatic carbocycles. The van der Waals surface area contributed by atoms with Crippen molar-refractivity contribution < 1.29 is 33.6 Å². The number of amides is 1. The molecule has 0 spiro atoms. The molecule has 2 atom stereocenters. The van der Waals surface area contributed by atoms with Gasteiger partial charge in [-0.1, -0.05) is 20.3 Å². The van der Waals surface area contributed by atoms with Crippen molar-refractivity contribution in [2.24, 2.45) is 5.92 Å². The van der Waals surface area contributed by atoms with E-state index in [1.54, 1.807) is 14.2 Å². The second-order valence-corrected chi connectivity index (χ2v) is 8.00. The molecule has 1 heterocycles. The lowest BCUT2D eigenvalue weighted by Gasteiger charge is -2.30. The van der Waals surface area contributed by atoms with Gasteiger partial charge < -0.3 is 29.3 Å². The van der Waals surface area contributed by atoms with Crippen LogP contribution >= 0.6 is 0 Å². The van der Waals surface area contributed by atoms with E-state index in [1.165, 1.54) is 22.5 Å². The zero-order valence-corrected chi connectivity index (χ0v) is 18.9. The second-order valence-electron chi connectivity index (χ2n) is 8.00. The molecule has 8 nitrogen and oxygen atoms in total. The second kappa shape index (κ2) is 11.8. The molecule has 0 aromatic heterocycles. The summed E-state index contributed by atoms with van der Waals surface area (Å²) < 4.78 is 15.5. The molecule has 0 bridgehead atoms. The molecule has 1 aromatic carbocycles. The van der Waals surface area contributed by atoms with Gasteiger partial charge in [0.25, 0.3) is 5.91 Å². The summed E-state index contributed by atoms with van der Waals surface area (Å²) in [5, 5.41) is 2.87. The number of nitrogens with one attached hydrogen (secondary N) is 3. The Balaban J connectivity index is 1.82. The lowest BCUT2D eigenvalue weighted by Crippen LogP contribution is -3.28. The molecular formula is C22H37N3O5+2. The van der Waals surface area contributed by atoms with E-state index in [2.05, 4.69) is 11.4 Å². The van der Waals surface area contributed by atoms with Crippen molar-refractivity contribution in [1.82, 2.24) is 5.32 Å². The summed E-state index contributed by atoms with van der Waals surface area (Å²) in [6, 6.07) is 5.46. The highest BCUT2D eigenvalue weighted by atomic mass is 16.5. The molecule has 0 saturated carbocycles. The van der Waals surface area contributed by atoms with Crippen molar-refractivity contribution in [2.45, 2.75) is 32.9 Å². The minimum atomic E-state index is -0.580. The Kier molecular flexibility index (Phi) is 9.39. The van der Waals surface area contributed by atoms with Gasteiger partial charge in [0.05, 0.1) is 21.3 Å². The number of hydrogen-bond acceptors (Lipinski definition) is 5. The molecule has 1 aliphatic rings. The van der Waals surface area contributed by atoms with Crippen LogP contribution in [0, 0.1) is 5.92 Å². The van der Waals surface area contributed by atoms with Crippen molar-refractivity contribution in [3.63, 3.8) is 0 Å². The lowest BCUT2D eigenvalue weighted by atomic mass is 9.99. The Morgan fingerprint density at radius 3 is 2.23 bits per heavy atom. The van der Waals surface area contributed by atoms with E-state index in [-0.39, 0.29) is 17.8 Å². The fraction of sp³-hybridized carbons (Fsp3) is 0.636. The number of benzene rings is 1. The minimum Gasteiger partial charge on any atom is -0.493 e. The summed E-state index contributed by atoms with van der Waals surface area (Å²) in [6.45, 7) is 9.06. The molecule has 0 radical (unpaired) electrons. The average molecular weight is 424 g/mol. The Bertz CT molecular complexity index is 704. The zero-order valence-electron chi connectivity index (χ0n) is 18.9. The first kappa shape index (κ1) is 24.0. The van der Waals surface area contributed by atoms with Gasteiger partial charge in [-0.05, 0) is 24.1 Å². The van der Waals surface area contributed by atoms with Gasteiger partial charge in [-0.2, -0.15) is 0 Å². The van der Waals surface area contributed by atoms with Gasteiger partial charge in [-0.25, -0.2) is 4.79 Å². The van der Waals surface area contributed by atoms with E-state index < -0.39 is 6.04 Å². The van der Waals surface area contributed by atoms with Crippen molar-refractivity contribution in [2.75, 3.05) is 54.1 Å². The predicted molar refractivity (Wildman–Crippen MR) is 113 cm³/mol. The van der Waals surface area contributed by atoms with Crippen LogP contribution < -0.4 is 24.6 Å². The van der Waals surface area contributed by atoms with Gasteiger partial charge >= 0.3 is 5.97 Å². The van der Waals surface area contributed by atoms with Crippen LogP contribution in [-0.2, 0) is 20.9 Å². The van der Waals surface area contributed by atoms with Gasteiger partial charge in [-0.3, -0.25) is 4.79 Å². The number of carbonyl (C=O) groups is 2. The lowest BCUT2D eigenvalue weighted by molar-refractivity contribution is -1.02. The fourth-order valence-electron chi connectivity index (χ4n) is 3.84. The van der Waals surface area contributed by atoms with Crippen molar-refractivity contribution >= 4 is 11.9 Å². The standard InChI is InChI=1S/C22H35N3O5/c1-6-16(2)21(22(27)30-5)23-20(26)15-25-11-9-24(10-12-25)14-17-7-8-18(28-3)19(13-17)29-4/h7-8,13,16,21H,6,9-12,14-15H2,1-5H3,(H,23,26)/p+2/t16-,21-/m0/s1. The molecular weight excluding hydrogens is 386 g/mol. The summed E-state index contributed by atoms with van der Waals surface area (Å²) in [5.74, 6) is 1.05. The maximum atomic E-state index is 12.5. The third-order valence-electron chi connectivity index (χ3n) is 5.96. The minimum absolute atomic E-state index is 0.0409. The quantitative estimate of drug-likeness (QED) is 0.407. The summed E-state index contributed by atoms with van der Waals surface area (Å²) in [5.41, 5.74) is 1.21. The zero-order chi connectivity index (χ0) is 22.1. The average Bonchev–Trinajstić information content (AvgIpc) is 2.77. The van der Waals surface area contributed by atoms with Gasteiger partial charge in [0, 0.05) is 5.56 Å². The largest absolute Gasteiger partial charge is 0.493 e. The third kappa shape index (κ3) is 6.60. The van der Waals surface area contributed by atoms with E-state index in [1.807, 2.05) is 26.0 Å². The number of esters is 1. The van der Waals surface area contributed by atoms with Crippen molar-refractivity contribution in [3.8, 4) is 11.5 Å². The summed E-state index contributed by atoms with van der Waals surface area (Å²) in [6.07, 6.45) is 0.797. The Labute approximate surface area is 179 Å². The molecule has 3 N–H and O–H groups in total. The number of hydrogen-bond donors (Lipinski definition) is 3. The smallest absolute Gasteiger partial charge is 0.328 e. The normalized spacial score (nSPS) is 20.7. The van der Waals surface area contributed by atoms with Crippen molar-refractivity contribution in [3.05, 3.63) is 23.8 Å². The van der Waals surface area contributed by atoms with Gasteiger partial charge in [0.2, 0.25) is 0 Å². The van der Waals surface area contributed by atoms with E-state index in [9.17, 15) is 9.59 Å². The monoisotopic (exact) mass is 423 g/mol. The van der Waals surface area contributed by atoms with Crippen LogP contribution in [0.5, 0.6) is 11.5 Å². The van der Waals surface area contributed by atoms with E-state index >= 15 is 0 Å². The molecule has 1 saturated heterocycles. The van der Waals surface area contributed by atoms with E-state index in [0.717, 1.165) is 50.6 Å². The molecule has 1 aliphatic heterocycles. The first-order chi connectivity index (χ1) is 14.4. The molecule has 30 heavy (non-hydrogen) atoms. The summed E-state index contributed by atoms with van der Waals surface area (Å²) in [7, 11) is 4.64. The van der Waals surface area contributed by atoms with E-state index in [0.29, 0.717) is 6.54 Å². The highest BCUT2D eigenvalue weighted by molar-refractivity contribution is 5.85. The van der Waals surface area contributed by atoms with E-state index in [4.69, 9.17) is 14.2 Å². The topological polar surface area (TPSA) is 82.7 Å². The van der Waals surface area contributed by atoms with Gasteiger partial charge in [0.15, 0.2) is 18.0 Å². The first-order valence-corrected chi connectivity index (χ1v) is 10.7. The third-order valence-corrected chi connectivity index (χ3v) is 5.96. The molecule has 1 aromatic rings.